The number of sulfonamides is 1. The van der Waals surface area contributed by atoms with Crippen LogP contribution in [0.5, 0.6) is 5.75 Å². The van der Waals surface area contributed by atoms with E-state index in [0.717, 1.165) is 45.0 Å². The number of hydrogen-bond donors (Lipinski definition) is 0. The first-order chi connectivity index (χ1) is 24.5. The van der Waals surface area contributed by atoms with Crippen LogP contribution in [0, 0.1) is 11.6 Å². The molecule has 9 nitrogen and oxygen atoms in total. The normalized spacial score (nSPS) is 12.7. The van der Waals surface area contributed by atoms with Crippen molar-refractivity contribution in [3.05, 3.63) is 129 Å². The summed E-state index contributed by atoms with van der Waals surface area (Å²) in [4.78, 5) is 16.0. The van der Waals surface area contributed by atoms with Crippen LogP contribution in [-0.4, -0.2) is 47.9 Å². The van der Waals surface area contributed by atoms with Gasteiger partial charge in [-0.25, -0.2) is 26.7 Å². The topological polar surface area (TPSA) is 108 Å². The molecule has 52 heavy (non-hydrogen) atoms. The number of carboxylic acids is 1. The van der Waals surface area contributed by atoms with Crippen LogP contribution in [0.2, 0.25) is 10.0 Å². The van der Waals surface area contributed by atoms with Crippen LogP contribution < -0.4 is 14.4 Å². The third kappa shape index (κ3) is 8.29. The summed E-state index contributed by atoms with van der Waals surface area (Å²) in [6.07, 6.45) is 5.48. The second-order valence-corrected chi connectivity index (χ2v) is 16.3. The van der Waals surface area contributed by atoms with Gasteiger partial charge in [-0.05, 0) is 73.5 Å². The number of aryl methyl sites for hydroxylation is 1. The van der Waals surface area contributed by atoms with Crippen LogP contribution in [0.4, 0.5) is 8.78 Å². The van der Waals surface area contributed by atoms with Gasteiger partial charge in [-0.2, -0.15) is 4.31 Å². The largest absolute Gasteiger partial charge is 0.548 e. The summed E-state index contributed by atoms with van der Waals surface area (Å²) in [5.74, 6) is -2.48. The highest BCUT2D eigenvalue weighted by Gasteiger charge is 2.33. The molecule has 0 amide bonds. The Morgan fingerprint density at radius 2 is 1.81 bits per heavy atom. The summed E-state index contributed by atoms with van der Waals surface area (Å²) in [7, 11) is -1.21. The summed E-state index contributed by atoms with van der Waals surface area (Å²) in [6.45, 7) is 4.97. The lowest BCUT2D eigenvalue weighted by molar-refractivity contribution is -0.671. The number of aliphatic carboxylic acids is 1. The molecule has 0 bridgehead atoms. The lowest BCUT2D eigenvalue weighted by Crippen LogP contribution is -2.49. The monoisotopic (exact) mass is 788 g/mol. The van der Waals surface area contributed by atoms with Gasteiger partial charge in [-0.3, -0.25) is 4.57 Å². The molecule has 0 saturated carbocycles. The number of aromatic nitrogens is 3. The van der Waals surface area contributed by atoms with Crippen molar-refractivity contribution in [1.82, 2.24) is 13.9 Å². The van der Waals surface area contributed by atoms with Crippen LogP contribution in [0.25, 0.3) is 5.69 Å². The molecule has 5 aromatic rings. The Hall–Kier alpha value is -4.01. The molecule has 274 valence electrons. The number of thioether (sulfide) groups is 1. The Morgan fingerprint density at radius 1 is 1.10 bits per heavy atom. The summed E-state index contributed by atoms with van der Waals surface area (Å²) in [6, 6.07) is 15.3. The van der Waals surface area contributed by atoms with Gasteiger partial charge in [0, 0.05) is 45.6 Å². The summed E-state index contributed by atoms with van der Waals surface area (Å²) < 4.78 is 67.3. The van der Waals surface area contributed by atoms with Crippen LogP contribution in [0.1, 0.15) is 43.2 Å². The maximum Gasteiger partial charge on any atom is 0.243 e. The number of pyridine rings is 1. The van der Waals surface area contributed by atoms with E-state index in [1.807, 2.05) is 30.5 Å². The van der Waals surface area contributed by atoms with Crippen LogP contribution in [0.15, 0.2) is 95.4 Å². The van der Waals surface area contributed by atoms with E-state index in [9.17, 15) is 22.7 Å². The number of benzene rings is 3. The molecule has 5 rings (SSSR count). The van der Waals surface area contributed by atoms with Gasteiger partial charge in [0.05, 0.1) is 40.9 Å². The van der Waals surface area contributed by atoms with Crippen molar-refractivity contribution in [2.24, 2.45) is 7.05 Å². The molecule has 0 radical (unpaired) electrons. The molecule has 0 N–H and O–H groups in total. The average Bonchev–Trinajstić information content (AvgIpc) is 3.53. The molecule has 3 aromatic carbocycles. The van der Waals surface area contributed by atoms with Gasteiger partial charge in [0.25, 0.3) is 0 Å². The predicted molar refractivity (Wildman–Crippen MR) is 194 cm³/mol. The van der Waals surface area contributed by atoms with Crippen molar-refractivity contribution >= 4 is 51.0 Å². The molecule has 0 saturated heterocycles. The SMILES string of the molecule is COc1cc(C(C)(C)c2cnc(SCc3c(F)cc(S(=O)(=O)N(CCc4ccc[n+](C)c4)[C@H](C)C(=O)[O-])cc3Cl)n2-c2ccc(F)cc2)ccc1Cl. The highest BCUT2D eigenvalue weighted by molar-refractivity contribution is 7.98. The first kappa shape index (κ1) is 39.2. The van der Waals surface area contributed by atoms with E-state index in [0.29, 0.717) is 21.6 Å². The van der Waals surface area contributed by atoms with E-state index >= 15 is 4.39 Å². The Morgan fingerprint density at radius 3 is 2.44 bits per heavy atom. The van der Waals surface area contributed by atoms with Gasteiger partial charge in [-0.1, -0.05) is 54.9 Å². The maximum atomic E-state index is 15.8. The number of ether oxygens (including phenoxy) is 1. The minimum atomic E-state index is -4.54. The van der Waals surface area contributed by atoms with E-state index < -0.39 is 44.0 Å². The van der Waals surface area contributed by atoms with Crippen molar-refractivity contribution in [2.45, 2.75) is 54.5 Å². The minimum absolute atomic E-state index is 0.0128. The Kier molecular flexibility index (Phi) is 12.0. The lowest BCUT2D eigenvalue weighted by Gasteiger charge is -2.29. The van der Waals surface area contributed by atoms with Gasteiger partial charge in [0.1, 0.15) is 24.4 Å². The molecule has 0 unspecified atom stereocenters. The van der Waals surface area contributed by atoms with E-state index in [1.165, 1.54) is 26.2 Å². The third-order valence-electron chi connectivity index (χ3n) is 8.79. The number of carbonyl (C=O) groups excluding carboxylic acids is 1. The quantitative estimate of drug-likeness (QED) is 0.0964. The number of methoxy groups -OCH3 is 1. The predicted octanol–water partition coefficient (Wildman–Crippen LogP) is 6.28. The fraction of sp³-hybridized carbons (Fsp3) is 0.270. The fourth-order valence-electron chi connectivity index (χ4n) is 5.73. The number of nitrogens with zero attached hydrogens (tertiary/aromatic N) is 4. The second-order valence-electron chi connectivity index (χ2n) is 12.6. The van der Waals surface area contributed by atoms with E-state index in [4.69, 9.17) is 27.9 Å². The number of carboxylic acid groups (broad SMARTS) is 1. The van der Waals surface area contributed by atoms with Gasteiger partial charge < -0.3 is 14.6 Å². The molecule has 2 heterocycles. The average molecular weight is 790 g/mol. The van der Waals surface area contributed by atoms with E-state index in [-0.39, 0.29) is 29.3 Å². The Bertz CT molecular complexity index is 2190. The maximum absolute atomic E-state index is 15.8. The summed E-state index contributed by atoms with van der Waals surface area (Å²) in [5, 5.41) is 12.6. The highest BCUT2D eigenvalue weighted by Crippen LogP contribution is 2.40. The first-order valence-corrected chi connectivity index (χ1v) is 19.2. The number of imidazole rings is 1. The van der Waals surface area contributed by atoms with E-state index in [1.54, 1.807) is 60.5 Å². The van der Waals surface area contributed by atoms with Crippen molar-refractivity contribution < 1.29 is 36.4 Å². The molecular formula is C37H36Cl2F2N4O5S2. The van der Waals surface area contributed by atoms with E-state index in [2.05, 4.69) is 4.98 Å². The number of halogens is 4. The molecule has 0 aliphatic rings. The van der Waals surface area contributed by atoms with Crippen molar-refractivity contribution in [3.63, 3.8) is 0 Å². The van der Waals surface area contributed by atoms with Gasteiger partial charge in [0.15, 0.2) is 17.6 Å². The number of hydrogen-bond acceptors (Lipinski definition) is 7. The number of rotatable bonds is 14. The molecule has 15 heteroatoms. The van der Waals surface area contributed by atoms with Crippen molar-refractivity contribution in [2.75, 3.05) is 13.7 Å². The van der Waals surface area contributed by atoms with Crippen LogP contribution in [0.3, 0.4) is 0 Å². The van der Waals surface area contributed by atoms with Gasteiger partial charge >= 0.3 is 0 Å². The van der Waals surface area contributed by atoms with Crippen molar-refractivity contribution in [1.29, 1.82) is 0 Å². The molecule has 1 atom stereocenters. The fourth-order valence-corrected chi connectivity index (χ4v) is 8.99. The minimum Gasteiger partial charge on any atom is -0.548 e. The standard InChI is InChI=1S/C37H36Cl2F2N4O5S2/c1-23(35(46)47)44(16-14-24-7-6-15-43(4)21-24)52(48,49)28-18-31(39)29(32(41)19-28)22-51-36-42-20-34(45(36)27-11-9-26(40)10-12-27)37(2,3)25-8-13-30(38)33(17-25)50-5/h6-13,15,17-21,23H,14,16,22H2,1-5H3/t23-/m1/s1. The molecular weight excluding hydrogens is 753 g/mol. The zero-order chi connectivity index (χ0) is 38.0. The third-order valence-corrected chi connectivity index (χ3v) is 12.4. The highest BCUT2D eigenvalue weighted by atomic mass is 35.5. The second kappa shape index (κ2) is 15.9. The van der Waals surface area contributed by atoms with Gasteiger partial charge in [0.2, 0.25) is 10.0 Å². The summed E-state index contributed by atoms with van der Waals surface area (Å²) in [5.41, 5.74) is 2.29. The number of carbonyl (C=O) groups is 1. The van der Waals surface area contributed by atoms with Crippen LogP contribution in [-0.2, 0) is 39.5 Å². The molecule has 0 aliphatic heterocycles. The first-order valence-electron chi connectivity index (χ1n) is 16.0. The Balaban J connectivity index is 1.47. The Labute approximate surface area is 315 Å². The van der Waals surface area contributed by atoms with Crippen molar-refractivity contribution in [3.8, 4) is 11.4 Å². The molecule has 0 spiro atoms. The smallest absolute Gasteiger partial charge is 0.243 e. The molecule has 0 fully saturated rings. The lowest BCUT2D eigenvalue weighted by atomic mass is 9.81. The molecule has 2 aromatic heterocycles. The zero-order valence-corrected chi connectivity index (χ0v) is 32.1. The zero-order valence-electron chi connectivity index (χ0n) is 28.9. The van der Waals surface area contributed by atoms with Gasteiger partial charge in [-0.15, -0.1) is 0 Å². The molecule has 0 aliphatic carbocycles. The van der Waals surface area contributed by atoms with Crippen LogP contribution >= 0.6 is 35.0 Å². The summed E-state index contributed by atoms with van der Waals surface area (Å²) >= 11 is 14.0.